The predicted octanol–water partition coefficient (Wildman–Crippen LogP) is 14.7. The Bertz CT molecular complexity index is 2970. The molecule has 0 bridgehead atoms. The van der Waals surface area contributed by atoms with E-state index in [0.29, 0.717) is 0 Å². The van der Waals surface area contributed by atoms with Gasteiger partial charge >= 0.3 is 0 Å². The van der Waals surface area contributed by atoms with Crippen molar-refractivity contribution in [2.75, 3.05) is 9.80 Å². The molecule has 0 aromatic heterocycles. The molecular formula is C60H57BN2. The smallest absolute Gasteiger partial charge is 0.253 e. The van der Waals surface area contributed by atoms with E-state index in [1.54, 1.807) is 0 Å². The van der Waals surface area contributed by atoms with Crippen LogP contribution in [-0.2, 0) is 16.2 Å². The van der Waals surface area contributed by atoms with Gasteiger partial charge in [0.15, 0.2) is 0 Å². The molecule has 2 aliphatic rings. The lowest BCUT2D eigenvalue weighted by atomic mass is 9.31. The van der Waals surface area contributed by atoms with Gasteiger partial charge in [0.05, 0.1) is 0 Å². The van der Waals surface area contributed by atoms with E-state index < -0.39 is 0 Å². The van der Waals surface area contributed by atoms with Gasteiger partial charge in [0.25, 0.3) is 6.71 Å². The van der Waals surface area contributed by atoms with E-state index in [0.717, 1.165) is 11.4 Å². The zero-order valence-corrected chi connectivity index (χ0v) is 38.3. The van der Waals surface area contributed by atoms with Gasteiger partial charge in [-0.3, -0.25) is 0 Å². The van der Waals surface area contributed by atoms with Crippen molar-refractivity contribution >= 4 is 57.2 Å². The fraction of sp³-hybridized carbons (Fsp3) is 0.200. The zero-order chi connectivity index (χ0) is 43.8. The summed E-state index contributed by atoms with van der Waals surface area (Å²) in [4.78, 5) is 5.14. The maximum absolute atomic E-state index is 2.58. The Morgan fingerprint density at radius 2 is 0.667 bits per heavy atom. The summed E-state index contributed by atoms with van der Waals surface area (Å²) in [6, 6.07) is 68.6. The van der Waals surface area contributed by atoms with E-state index in [1.165, 1.54) is 89.2 Å². The van der Waals surface area contributed by atoms with E-state index in [1.807, 2.05) is 0 Å². The van der Waals surface area contributed by atoms with E-state index in [-0.39, 0.29) is 23.0 Å². The first kappa shape index (κ1) is 40.5. The number of fused-ring (bicyclic) bond motifs is 4. The van der Waals surface area contributed by atoms with Gasteiger partial charge in [-0.15, -0.1) is 0 Å². The summed E-state index contributed by atoms with van der Waals surface area (Å²) in [5.74, 6) is 0. The van der Waals surface area contributed by atoms with Crippen LogP contribution in [0.4, 0.5) is 34.1 Å². The van der Waals surface area contributed by atoms with Crippen LogP contribution >= 0.6 is 0 Å². The molecule has 0 saturated heterocycles. The minimum Gasteiger partial charge on any atom is -0.311 e. The second-order valence-electron chi connectivity index (χ2n) is 20.7. The van der Waals surface area contributed by atoms with Gasteiger partial charge in [0, 0.05) is 34.1 Å². The summed E-state index contributed by atoms with van der Waals surface area (Å²) in [5, 5.41) is 0. The molecule has 0 spiro atoms. The van der Waals surface area contributed by atoms with Crippen molar-refractivity contribution in [2.45, 2.75) is 78.6 Å². The average Bonchev–Trinajstić information content (AvgIpc) is 3.28. The van der Waals surface area contributed by atoms with Crippen molar-refractivity contribution in [3.05, 3.63) is 199 Å². The third kappa shape index (κ3) is 7.09. The van der Waals surface area contributed by atoms with Crippen molar-refractivity contribution < 1.29 is 0 Å². The van der Waals surface area contributed by atoms with Crippen molar-refractivity contribution in [3.63, 3.8) is 0 Å². The fourth-order valence-corrected chi connectivity index (χ4v) is 9.85. The maximum atomic E-state index is 2.58. The lowest BCUT2D eigenvalue weighted by molar-refractivity contribution is 0.590. The number of anilines is 6. The normalized spacial score (nSPS) is 13.4. The van der Waals surface area contributed by atoms with Crippen LogP contribution in [0.2, 0.25) is 0 Å². The van der Waals surface area contributed by atoms with Crippen LogP contribution in [0.1, 0.15) is 79.0 Å². The molecule has 0 saturated carbocycles. The van der Waals surface area contributed by atoms with Gasteiger partial charge in [0.1, 0.15) is 0 Å². The van der Waals surface area contributed by atoms with E-state index in [9.17, 15) is 0 Å². The standard InChI is InChI=1S/C60H57BN2/c1-58(2,3)44-30-34-48(35-31-44)63-52-27-19-26-51-57(52)61(56-50(43-24-17-12-18-25-43)37-46(39-54(56)63)60(7,8)9)55-49(42-22-15-11-16-23-42)36-45(59(4,5)6)38-53(55)62(51)47-32-28-41(29-33-47)40-20-13-10-14-21-40/h10-39H,1-9H3. The second-order valence-corrected chi connectivity index (χ2v) is 20.7. The predicted molar refractivity (Wildman–Crippen MR) is 273 cm³/mol. The van der Waals surface area contributed by atoms with E-state index in [4.69, 9.17) is 0 Å². The Labute approximate surface area is 376 Å². The molecule has 0 radical (unpaired) electrons. The molecule has 63 heavy (non-hydrogen) atoms. The van der Waals surface area contributed by atoms with Crippen LogP contribution in [0.25, 0.3) is 33.4 Å². The molecule has 0 aliphatic carbocycles. The Hall–Kier alpha value is -6.58. The molecule has 310 valence electrons. The fourth-order valence-electron chi connectivity index (χ4n) is 9.85. The molecule has 2 aliphatic heterocycles. The molecule has 0 amide bonds. The van der Waals surface area contributed by atoms with Crippen LogP contribution in [0.5, 0.6) is 0 Å². The lowest BCUT2D eigenvalue weighted by Crippen LogP contribution is -2.62. The summed E-state index contributed by atoms with van der Waals surface area (Å²) in [7, 11) is 0. The van der Waals surface area contributed by atoms with Crippen molar-refractivity contribution in [3.8, 4) is 33.4 Å². The van der Waals surface area contributed by atoms with Crippen LogP contribution in [0.15, 0.2) is 182 Å². The molecule has 2 nitrogen and oxygen atoms in total. The highest BCUT2D eigenvalue weighted by atomic mass is 15.2. The molecule has 2 heterocycles. The van der Waals surface area contributed by atoms with Crippen molar-refractivity contribution in [2.24, 2.45) is 0 Å². The number of rotatable bonds is 5. The Morgan fingerprint density at radius 3 is 1.06 bits per heavy atom. The quantitative estimate of drug-likeness (QED) is 0.160. The number of benzene rings is 8. The third-order valence-corrected chi connectivity index (χ3v) is 13.3. The molecule has 8 aromatic carbocycles. The van der Waals surface area contributed by atoms with Gasteiger partial charge in [0.2, 0.25) is 0 Å². The van der Waals surface area contributed by atoms with Crippen LogP contribution < -0.4 is 26.2 Å². The topological polar surface area (TPSA) is 6.48 Å². The van der Waals surface area contributed by atoms with Crippen molar-refractivity contribution in [1.29, 1.82) is 0 Å². The second kappa shape index (κ2) is 15.1. The lowest BCUT2D eigenvalue weighted by Gasteiger charge is -2.46. The van der Waals surface area contributed by atoms with Gasteiger partial charge in [-0.25, -0.2) is 0 Å². The summed E-state index contributed by atoms with van der Waals surface area (Å²) in [6.45, 7) is 20.9. The van der Waals surface area contributed by atoms with Crippen LogP contribution in [-0.4, -0.2) is 6.71 Å². The summed E-state index contributed by atoms with van der Waals surface area (Å²) in [5.41, 5.74) is 22.5. The molecule has 0 unspecified atom stereocenters. The van der Waals surface area contributed by atoms with Gasteiger partial charge in [-0.1, -0.05) is 196 Å². The van der Waals surface area contributed by atoms with Crippen LogP contribution in [0, 0.1) is 0 Å². The first-order valence-corrected chi connectivity index (χ1v) is 22.6. The Kier molecular flexibility index (Phi) is 9.68. The summed E-state index contributed by atoms with van der Waals surface area (Å²) in [6.07, 6.45) is 0. The molecule has 10 rings (SSSR count). The molecule has 0 atom stereocenters. The van der Waals surface area contributed by atoms with Gasteiger partial charge < -0.3 is 9.80 Å². The van der Waals surface area contributed by atoms with Crippen molar-refractivity contribution in [1.82, 2.24) is 0 Å². The average molecular weight is 817 g/mol. The number of nitrogens with zero attached hydrogens (tertiary/aromatic N) is 2. The van der Waals surface area contributed by atoms with Crippen LogP contribution in [0.3, 0.4) is 0 Å². The highest BCUT2D eigenvalue weighted by molar-refractivity contribution is 7.02. The van der Waals surface area contributed by atoms with E-state index in [2.05, 4.69) is 254 Å². The molecule has 8 aromatic rings. The highest BCUT2D eigenvalue weighted by Crippen LogP contribution is 2.48. The summed E-state index contributed by atoms with van der Waals surface area (Å²) < 4.78 is 0. The van der Waals surface area contributed by atoms with E-state index >= 15 is 0 Å². The first-order valence-electron chi connectivity index (χ1n) is 22.6. The minimum atomic E-state index is -0.0964. The number of hydrogen-bond acceptors (Lipinski definition) is 2. The third-order valence-electron chi connectivity index (χ3n) is 13.3. The largest absolute Gasteiger partial charge is 0.311 e. The van der Waals surface area contributed by atoms with Gasteiger partial charge in [-0.05, 0) is 131 Å². The Morgan fingerprint density at radius 1 is 0.302 bits per heavy atom. The summed E-state index contributed by atoms with van der Waals surface area (Å²) >= 11 is 0. The SMILES string of the molecule is CC(C)(C)c1ccc(N2c3cc(C(C)(C)C)cc(-c4ccccc4)c3B3c4c(-c5ccccc5)cc(C(C)(C)C)cc4N(c4ccc(-c5ccccc5)cc4)c4cccc2c43)cc1. The maximum Gasteiger partial charge on any atom is 0.253 e. The molecule has 0 N–H and O–H groups in total. The highest BCUT2D eigenvalue weighted by Gasteiger charge is 2.46. The molecule has 3 heteroatoms. The molecule has 0 fully saturated rings. The minimum absolute atomic E-state index is 0.0369. The first-order chi connectivity index (χ1) is 30.2. The number of hydrogen-bond donors (Lipinski definition) is 0. The zero-order valence-electron chi connectivity index (χ0n) is 38.3. The monoisotopic (exact) mass is 816 g/mol. The van der Waals surface area contributed by atoms with Gasteiger partial charge in [-0.2, -0.15) is 0 Å². The molecular weight excluding hydrogens is 759 g/mol. The Balaban J connectivity index is 1.35.